The third kappa shape index (κ3) is 3.58. The number of nitrogens with one attached hydrogen (secondary N) is 1. The van der Waals surface area contributed by atoms with E-state index in [-0.39, 0.29) is 0 Å². The molecule has 0 radical (unpaired) electrons. The Hall–Kier alpha value is -1.87. The summed E-state index contributed by atoms with van der Waals surface area (Å²) >= 11 is 0. The molecule has 1 unspecified atom stereocenters. The summed E-state index contributed by atoms with van der Waals surface area (Å²) in [4.78, 5) is 4.16. The van der Waals surface area contributed by atoms with Crippen LogP contribution in [0.25, 0.3) is 0 Å². The van der Waals surface area contributed by atoms with Crippen LogP contribution in [0.2, 0.25) is 0 Å². The third-order valence-electron chi connectivity index (χ3n) is 3.65. The number of pyridine rings is 1. The van der Waals surface area contributed by atoms with E-state index < -0.39 is 0 Å². The van der Waals surface area contributed by atoms with Gasteiger partial charge < -0.3 is 10.1 Å². The molecule has 0 bridgehead atoms. The van der Waals surface area contributed by atoms with Crippen molar-refractivity contribution in [2.75, 3.05) is 14.2 Å². The molecule has 20 heavy (non-hydrogen) atoms. The molecule has 0 saturated carbocycles. The van der Waals surface area contributed by atoms with Gasteiger partial charge in [-0.05, 0) is 61.7 Å². The van der Waals surface area contributed by atoms with Crippen LogP contribution in [0.1, 0.15) is 29.2 Å². The highest BCUT2D eigenvalue weighted by atomic mass is 16.5. The minimum absolute atomic E-state index is 0.348. The van der Waals surface area contributed by atoms with Crippen molar-refractivity contribution in [2.24, 2.45) is 0 Å². The van der Waals surface area contributed by atoms with Crippen LogP contribution in [-0.4, -0.2) is 19.1 Å². The maximum atomic E-state index is 5.26. The van der Waals surface area contributed by atoms with Crippen molar-refractivity contribution in [1.29, 1.82) is 0 Å². The molecule has 1 heterocycles. The van der Waals surface area contributed by atoms with Crippen LogP contribution in [0, 0.1) is 6.92 Å². The monoisotopic (exact) mass is 270 g/mol. The Morgan fingerprint density at radius 2 is 2.15 bits per heavy atom. The second-order valence-electron chi connectivity index (χ2n) is 4.96. The average Bonchev–Trinajstić information content (AvgIpc) is 2.50. The molecule has 1 N–H and O–H groups in total. The summed E-state index contributed by atoms with van der Waals surface area (Å²) in [6.45, 7) is 2.13. The molecule has 0 spiro atoms. The van der Waals surface area contributed by atoms with E-state index in [2.05, 4.69) is 35.4 Å². The summed E-state index contributed by atoms with van der Waals surface area (Å²) in [6, 6.07) is 10.7. The van der Waals surface area contributed by atoms with Crippen LogP contribution in [0.4, 0.5) is 0 Å². The number of hydrogen-bond acceptors (Lipinski definition) is 3. The van der Waals surface area contributed by atoms with Gasteiger partial charge in [-0.25, -0.2) is 0 Å². The van der Waals surface area contributed by atoms with Gasteiger partial charge in [0.2, 0.25) is 0 Å². The van der Waals surface area contributed by atoms with E-state index in [1.807, 2.05) is 31.6 Å². The van der Waals surface area contributed by atoms with Gasteiger partial charge in [-0.2, -0.15) is 0 Å². The molecule has 0 fully saturated rings. The summed E-state index contributed by atoms with van der Waals surface area (Å²) < 4.78 is 5.26. The maximum Gasteiger partial charge on any atom is 0.119 e. The first-order valence-corrected chi connectivity index (χ1v) is 6.95. The maximum absolute atomic E-state index is 5.26. The molecule has 1 atom stereocenters. The third-order valence-corrected chi connectivity index (χ3v) is 3.65. The quantitative estimate of drug-likeness (QED) is 0.874. The molecule has 0 aliphatic rings. The summed E-state index contributed by atoms with van der Waals surface area (Å²) in [5.41, 5.74) is 3.87. The van der Waals surface area contributed by atoms with Gasteiger partial charge in [0.05, 0.1) is 7.11 Å². The van der Waals surface area contributed by atoms with Crippen LogP contribution in [-0.2, 0) is 6.42 Å². The van der Waals surface area contributed by atoms with Crippen molar-refractivity contribution in [3.63, 3.8) is 0 Å². The van der Waals surface area contributed by atoms with E-state index in [4.69, 9.17) is 4.74 Å². The summed E-state index contributed by atoms with van der Waals surface area (Å²) in [6.07, 6.45) is 5.82. The van der Waals surface area contributed by atoms with Crippen LogP contribution in [0.5, 0.6) is 5.75 Å². The summed E-state index contributed by atoms with van der Waals surface area (Å²) in [5, 5.41) is 3.41. The first kappa shape index (κ1) is 14.5. The molecule has 3 heteroatoms. The van der Waals surface area contributed by atoms with Crippen molar-refractivity contribution in [3.8, 4) is 5.75 Å². The molecule has 2 aromatic rings. The van der Waals surface area contributed by atoms with Crippen molar-refractivity contribution >= 4 is 0 Å². The topological polar surface area (TPSA) is 34.2 Å². The van der Waals surface area contributed by atoms with Crippen LogP contribution in [0.15, 0.2) is 42.7 Å². The molecule has 0 amide bonds. The Kier molecular flexibility index (Phi) is 5.13. The van der Waals surface area contributed by atoms with E-state index >= 15 is 0 Å². The lowest BCUT2D eigenvalue weighted by Gasteiger charge is -2.19. The van der Waals surface area contributed by atoms with E-state index in [9.17, 15) is 0 Å². The fourth-order valence-electron chi connectivity index (χ4n) is 2.48. The average molecular weight is 270 g/mol. The van der Waals surface area contributed by atoms with Crippen molar-refractivity contribution < 1.29 is 4.74 Å². The Morgan fingerprint density at radius 3 is 2.75 bits per heavy atom. The minimum atomic E-state index is 0.348. The molecule has 106 valence electrons. The Labute approximate surface area is 121 Å². The van der Waals surface area contributed by atoms with Gasteiger partial charge in [-0.1, -0.05) is 12.1 Å². The number of benzene rings is 1. The van der Waals surface area contributed by atoms with E-state index in [1.165, 1.54) is 16.7 Å². The molecule has 2 rings (SSSR count). The van der Waals surface area contributed by atoms with E-state index in [0.717, 1.165) is 18.6 Å². The highest BCUT2D eigenvalue weighted by molar-refractivity contribution is 5.36. The smallest absolute Gasteiger partial charge is 0.119 e. The summed E-state index contributed by atoms with van der Waals surface area (Å²) in [5.74, 6) is 0.911. The number of rotatable bonds is 6. The second-order valence-corrected chi connectivity index (χ2v) is 4.96. The van der Waals surface area contributed by atoms with Gasteiger partial charge in [-0.3, -0.25) is 4.98 Å². The Bertz CT molecular complexity index is 540. The first-order chi connectivity index (χ1) is 9.74. The van der Waals surface area contributed by atoms with Gasteiger partial charge in [0.15, 0.2) is 0 Å². The standard InChI is InChI=1S/C17H22N2O/c1-13-11-15(20-3)7-8-16(13)17(18-2)9-6-14-5-4-10-19-12-14/h4-5,7-8,10-12,17-18H,6,9H2,1-3H3. The largest absolute Gasteiger partial charge is 0.497 e. The molecule has 3 nitrogen and oxygen atoms in total. The van der Waals surface area contributed by atoms with Gasteiger partial charge in [0.1, 0.15) is 5.75 Å². The second kappa shape index (κ2) is 7.06. The minimum Gasteiger partial charge on any atom is -0.497 e. The number of methoxy groups -OCH3 is 1. The fraction of sp³-hybridized carbons (Fsp3) is 0.353. The van der Waals surface area contributed by atoms with Crippen molar-refractivity contribution in [2.45, 2.75) is 25.8 Å². The zero-order valence-corrected chi connectivity index (χ0v) is 12.4. The zero-order valence-electron chi connectivity index (χ0n) is 12.4. The van der Waals surface area contributed by atoms with E-state index in [1.54, 1.807) is 7.11 Å². The normalized spacial score (nSPS) is 12.2. The van der Waals surface area contributed by atoms with Crippen LogP contribution < -0.4 is 10.1 Å². The van der Waals surface area contributed by atoms with Crippen LogP contribution >= 0.6 is 0 Å². The van der Waals surface area contributed by atoms with Gasteiger partial charge in [0.25, 0.3) is 0 Å². The number of aromatic nitrogens is 1. The zero-order chi connectivity index (χ0) is 14.4. The first-order valence-electron chi connectivity index (χ1n) is 6.95. The Morgan fingerprint density at radius 1 is 1.30 bits per heavy atom. The molecular formula is C17H22N2O. The van der Waals surface area contributed by atoms with Crippen molar-refractivity contribution in [1.82, 2.24) is 10.3 Å². The van der Waals surface area contributed by atoms with Gasteiger partial charge in [0, 0.05) is 18.4 Å². The lowest BCUT2D eigenvalue weighted by molar-refractivity contribution is 0.414. The highest BCUT2D eigenvalue weighted by Gasteiger charge is 2.12. The number of nitrogens with zero attached hydrogens (tertiary/aromatic N) is 1. The van der Waals surface area contributed by atoms with Gasteiger partial charge in [-0.15, -0.1) is 0 Å². The molecule has 1 aromatic heterocycles. The summed E-state index contributed by atoms with van der Waals surface area (Å²) in [7, 11) is 3.71. The SMILES string of the molecule is CNC(CCc1cccnc1)c1ccc(OC)cc1C. The number of aryl methyl sites for hydroxylation is 2. The predicted octanol–water partition coefficient (Wildman–Crippen LogP) is 3.29. The fourth-order valence-corrected chi connectivity index (χ4v) is 2.48. The lowest BCUT2D eigenvalue weighted by atomic mass is 9.96. The lowest BCUT2D eigenvalue weighted by Crippen LogP contribution is -2.18. The van der Waals surface area contributed by atoms with Crippen molar-refractivity contribution in [3.05, 3.63) is 59.4 Å². The molecule has 0 aliphatic heterocycles. The molecule has 1 aromatic carbocycles. The predicted molar refractivity (Wildman–Crippen MR) is 82.1 cm³/mol. The number of hydrogen-bond donors (Lipinski definition) is 1. The Balaban J connectivity index is 2.08. The molecule has 0 saturated heterocycles. The number of ether oxygens (including phenoxy) is 1. The molecule has 0 aliphatic carbocycles. The highest BCUT2D eigenvalue weighted by Crippen LogP contribution is 2.25. The van der Waals surface area contributed by atoms with E-state index in [0.29, 0.717) is 6.04 Å². The molecular weight excluding hydrogens is 248 g/mol. The van der Waals surface area contributed by atoms with Crippen LogP contribution in [0.3, 0.4) is 0 Å². The van der Waals surface area contributed by atoms with Gasteiger partial charge >= 0.3 is 0 Å².